The zero-order chi connectivity index (χ0) is 14.6. The summed E-state index contributed by atoms with van der Waals surface area (Å²) in [4.78, 5) is 0. The molecule has 2 aromatic rings. The highest BCUT2D eigenvalue weighted by Gasteiger charge is 2.13. The van der Waals surface area contributed by atoms with Crippen LogP contribution in [0.5, 0.6) is 5.75 Å². The zero-order valence-corrected chi connectivity index (χ0v) is 11.1. The molecule has 0 fully saturated rings. The van der Waals surface area contributed by atoms with Gasteiger partial charge < -0.3 is 9.15 Å². The minimum absolute atomic E-state index is 0.0602. The lowest BCUT2D eigenvalue weighted by Gasteiger charge is -2.10. The number of benzene rings is 1. The first-order valence-corrected chi connectivity index (χ1v) is 7.02. The molecule has 0 aliphatic carbocycles. The van der Waals surface area contributed by atoms with Crippen LogP contribution >= 0.6 is 0 Å². The van der Waals surface area contributed by atoms with E-state index < -0.39 is 10.2 Å². The highest BCUT2D eigenvalue weighted by atomic mass is 32.2. The molecule has 0 saturated carbocycles. The average Bonchev–Trinajstić information content (AvgIpc) is 2.87. The zero-order valence-electron chi connectivity index (χ0n) is 10.2. The fraction of sp³-hybridized carbons (Fsp3) is 0.0833. The first-order valence-electron chi connectivity index (χ1n) is 5.47. The number of anilines is 1. The van der Waals surface area contributed by atoms with Crippen LogP contribution in [0.1, 0.15) is 11.1 Å². The van der Waals surface area contributed by atoms with Gasteiger partial charge in [-0.15, -0.1) is 0 Å². The van der Waals surface area contributed by atoms with E-state index in [4.69, 9.17) is 19.6 Å². The van der Waals surface area contributed by atoms with E-state index >= 15 is 0 Å². The Morgan fingerprint density at radius 2 is 2.20 bits per heavy atom. The minimum atomic E-state index is -3.96. The Labute approximate surface area is 115 Å². The molecule has 0 radical (unpaired) electrons. The van der Waals surface area contributed by atoms with Gasteiger partial charge in [-0.25, -0.2) is 5.14 Å². The number of nitriles is 1. The average molecular weight is 293 g/mol. The van der Waals surface area contributed by atoms with Crippen LogP contribution in [0.4, 0.5) is 5.69 Å². The third-order valence-electron chi connectivity index (χ3n) is 2.36. The number of rotatable bonds is 5. The molecule has 1 aromatic heterocycles. The molecule has 0 amide bonds. The van der Waals surface area contributed by atoms with Crippen LogP contribution in [0.15, 0.2) is 41.2 Å². The normalized spacial score (nSPS) is 10.8. The van der Waals surface area contributed by atoms with E-state index in [2.05, 4.69) is 4.72 Å². The molecule has 0 saturated heterocycles. The van der Waals surface area contributed by atoms with E-state index in [-0.39, 0.29) is 23.6 Å². The molecular formula is C12H11N3O4S. The molecule has 8 heteroatoms. The van der Waals surface area contributed by atoms with Gasteiger partial charge in [0.25, 0.3) is 10.2 Å². The van der Waals surface area contributed by atoms with E-state index in [0.29, 0.717) is 0 Å². The largest absolute Gasteiger partial charge is 0.487 e. The molecular weight excluding hydrogens is 282 g/mol. The molecule has 104 valence electrons. The summed E-state index contributed by atoms with van der Waals surface area (Å²) in [5.41, 5.74) is 0.920. The second-order valence-electron chi connectivity index (χ2n) is 3.86. The number of hydrogen-bond donors (Lipinski definition) is 2. The van der Waals surface area contributed by atoms with Gasteiger partial charge in [0.1, 0.15) is 24.0 Å². The maximum atomic E-state index is 11.0. The fourth-order valence-electron chi connectivity index (χ4n) is 1.54. The molecule has 0 aliphatic heterocycles. The first kappa shape index (κ1) is 13.9. The summed E-state index contributed by atoms with van der Waals surface area (Å²) in [5, 5.41) is 14.0. The monoisotopic (exact) mass is 293 g/mol. The van der Waals surface area contributed by atoms with E-state index in [1.54, 1.807) is 18.2 Å². The Morgan fingerprint density at radius 1 is 1.40 bits per heavy atom. The lowest BCUT2D eigenvalue weighted by Crippen LogP contribution is -2.22. The Bertz CT molecular complexity index is 733. The predicted octanol–water partition coefficient (Wildman–Crippen LogP) is 1.35. The van der Waals surface area contributed by atoms with Crippen molar-refractivity contribution >= 4 is 15.9 Å². The summed E-state index contributed by atoms with van der Waals surface area (Å²) in [7, 11) is -3.96. The van der Waals surface area contributed by atoms with Crippen molar-refractivity contribution in [3.05, 3.63) is 47.9 Å². The summed E-state index contributed by atoms with van der Waals surface area (Å²) in [5.74, 6) is 0.252. The van der Waals surface area contributed by atoms with Crippen molar-refractivity contribution in [3.63, 3.8) is 0 Å². The lowest BCUT2D eigenvalue weighted by molar-refractivity contribution is 0.304. The number of hydrogen-bond acceptors (Lipinski definition) is 5. The second kappa shape index (κ2) is 5.64. The molecule has 0 atom stereocenters. The molecule has 0 aliphatic rings. The van der Waals surface area contributed by atoms with Crippen LogP contribution < -0.4 is 14.6 Å². The summed E-state index contributed by atoms with van der Waals surface area (Å²) in [6.45, 7) is 0.198. The standard InChI is InChI=1S/C12H11N3O4S/c13-6-10-11(15-20(14,16)17)2-1-3-12(10)19-8-9-4-5-18-7-9/h1-5,7,15H,8H2,(H2,14,16,17). The van der Waals surface area contributed by atoms with Crippen LogP contribution in [-0.4, -0.2) is 8.42 Å². The van der Waals surface area contributed by atoms with E-state index in [9.17, 15) is 8.42 Å². The van der Waals surface area contributed by atoms with Gasteiger partial charge in [0.15, 0.2) is 0 Å². The lowest BCUT2D eigenvalue weighted by atomic mass is 10.2. The van der Waals surface area contributed by atoms with Crippen molar-refractivity contribution in [1.82, 2.24) is 0 Å². The third-order valence-corrected chi connectivity index (χ3v) is 2.87. The van der Waals surface area contributed by atoms with E-state index in [1.165, 1.54) is 18.6 Å². The van der Waals surface area contributed by atoms with Crippen molar-refractivity contribution < 1.29 is 17.6 Å². The Balaban J connectivity index is 2.25. The van der Waals surface area contributed by atoms with Crippen LogP contribution in [0.2, 0.25) is 0 Å². The van der Waals surface area contributed by atoms with Gasteiger partial charge in [-0.1, -0.05) is 6.07 Å². The van der Waals surface area contributed by atoms with Gasteiger partial charge in [0.05, 0.1) is 18.2 Å². The topological polar surface area (TPSA) is 118 Å². The van der Waals surface area contributed by atoms with Crippen molar-refractivity contribution in [2.24, 2.45) is 5.14 Å². The summed E-state index contributed by atoms with van der Waals surface area (Å²) in [6.07, 6.45) is 3.02. The number of nitrogens with one attached hydrogen (secondary N) is 1. The maximum absolute atomic E-state index is 11.0. The molecule has 2 rings (SSSR count). The third kappa shape index (κ3) is 3.50. The van der Waals surface area contributed by atoms with E-state index in [1.807, 2.05) is 6.07 Å². The summed E-state index contributed by atoms with van der Waals surface area (Å²) in [6, 6.07) is 8.15. The quantitative estimate of drug-likeness (QED) is 0.862. The highest BCUT2D eigenvalue weighted by Crippen LogP contribution is 2.26. The summed E-state index contributed by atoms with van der Waals surface area (Å²) < 4.78 is 34.5. The number of nitrogens with two attached hydrogens (primary N) is 1. The van der Waals surface area contributed by atoms with Gasteiger partial charge in [0.2, 0.25) is 0 Å². The predicted molar refractivity (Wildman–Crippen MR) is 70.9 cm³/mol. The minimum Gasteiger partial charge on any atom is -0.487 e. The maximum Gasteiger partial charge on any atom is 0.296 e. The van der Waals surface area contributed by atoms with Crippen molar-refractivity contribution in [1.29, 1.82) is 5.26 Å². The Kier molecular flexibility index (Phi) is 3.93. The Hall–Kier alpha value is -2.50. The molecule has 3 N–H and O–H groups in total. The molecule has 0 bridgehead atoms. The summed E-state index contributed by atoms with van der Waals surface area (Å²) >= 11 is 0. The number of furan rings is 1. The van der Waals surface area contributed by atoms with Crippen LogP contribution in [0, 0.1) is 11.3 Å². The van der Waals surface area contributed by atoms with Gasteiger partial charge in [-0.2, -0.15) is 13.7 Å². The number of ether oxygens (including phenoxy) is 1. The van der Waals surface area contributed by atoms with E-state index in [0.717, 1.165) is 5.56 Å². The van der Waals surface area contributed by atoms with Gasteiger partial charge in [0, 0.05) is 5.56 Å². The van der Waals surface area contributed by atoms with Crippen LogP contribution in [0.25, 0.3) is 0 Å². The van der Waals surface area contributed by atoms with Crippen LogP contribution in [0.3, 0.4) is 0 Å². The molecule has 20 heavy (non-hydrogen) atoms. The molecule has 7 nitrogen and oxygen atoms in total. The van der Waals surface area contributed by atoms with Gasteiger partial charge in [-0.3, -0.25) is 4.72 Å². The molecule has 1 aromatic carbocycles. The molecule has 0 unspecified atom stereocenters. The first-order chi connectivity index (χ1) is 9.49. The van der Waals surface area contributed by atoms with Crippen molar-refractivity contribution in [2.75, 3.05) is 4.72 Å². The second-order valence-corrected chi connectivity index (χ2v) is 5.15. The fourth-order valence-corrected chi connectivity index (χ4v) is 2.02. The number of nitrogens with zero attached hydrogens (tertiary/aromatic N) is 1. The van der Waals surface area contributed by atoms with Crippen LogP contribution in [-0.2, 0) is 16.8 Å². The molecule has 0 spiro atoms. The van der Waals surface area contributed by atoms with Gasteiger partial charge in [-0.05, 0) is 18.2 Å². The van der Waals surface area contributed by atoms with Gasteiger partial charge >= 0.3 is 0 Å². The van der Waals surface area contributed by atoms with Crippen molar-refractivity contribution in [3.8, 4) is 11.8 Å². The Morgan fingerprint density at radius 3 is 2.80 bits per heavy atom. The SMILES string of the molecule is N#Cc1c(NS(N)(=O)=O)cccc1OCc1ccoc1. The highest BCUT2D eigenvalue weighted by molar-refractivity contribution is 7.90. The van der Waals surface area contributed by atoms with Crippen molar-refractivity contribution in [2.45, 2.75) is 6.61 Å². The smallest absolute Gasteiger partial charge is 0.296 e. The molecule has 1 heterocycles.